The molecule has 1 atom stereocenters. The molecule has 172 valence electrons. The van der Waals surface area contributed by atoms with E-state index in [9.17, 15) is 9.18 Å². The topological polar surface area (TPSA) is 59.4 Å². The van der Waals surface area contributed by atoms with E-state index in [2.05, 4.69) is 21.4 Å². The molecule has 1 aromatic carbocycles. The van der Waals surface area contributed by atoms with Crippen LogP contribution in [0.15, 0.2) is 42.7 Å². The number of aromatic nitrogens is 2. The predicted octanol–water partition coefficient (Wildman–Crippen LogP) is 4.64. The van der Waals surface area contributed by atoms with Crippen LogP contribution >= 0.6 is 11.3 Å². The Hall–Kier alpha value is -2.81. The number of ether oxygens (including phenoxy) is 1. The van der Waals surface area contributed by atoms with Crippen molar-refractivity contribution in [1.82, 2.24) is 19.8 Å². The first-order valence-corrected chi connectivity index (χ1v) is 12.0. The highest BCUT2D eigenvalue weighted by atomic mass is 32.1. The van der Waals surface area contributed by atoms with Crippen molar-refractivity contribution in [3.05, 3.63) is 64.5 Å². The molecule has 1 saturated heterocycles. The molecule has 3 aromatic heterocycles. The quantitative estimate of drug-likeness (QED) is 0.466. The molecule has 1 aliphatic rings. The van der Waals surface area contributed by atoms with Crippen LogP contribution < -0.4 is 5.32 Å². The summed E-state index contributed by atoms with van der Waals surface area (Å²) in [6.45, 7) is 6.58. The highest BCUT2D eigenvalue weighted by Gasteiger charge is 2.30. The fourth-order valence-electron chi connectivity index (χ4n) is 4.60. The minimum atomic E-state index is -0.240. The van der Waals surface area contributed by atoms with Crippen molar-refractivity contribution in [2.24, 2.45) is 7.05 Å². The summed E-state index contributed by atoms with van der Waals surface area (Å²) >= 11 is 1.41. The van der Waals surface area contributed by atoms with Crippen LogP contribution in [-0.4, -0.2) is 46.1 Å². The van der Waals surface area contributed by atoms with Gasteiger partial charge in [-0.2, -0.15) is 0 Å². The van der Waals surface area contributed by atoms with Crippen LogP contribution in [0.5, 0.6) is 0 Å². The fourth-order valence-corrected chi connectivity index (χ4v) is 5.70. The Morgan fingerprint density at radius 1 is 1.33 bits per heavy atom. The van der Waals surface area contributed by atoms with Gasteiger partial charge >= 0.3 is 0 Å². The van der Waals surface area contributed by atoms with Crippen molar-refractivity contribution in [3.63, 3.8) is 0 Å². The number of hydrogen-bond acceptors (Lipinski definition) is 5. The van der Waals surface area contributed by atoms with Crippen LogP contribution in [0, 0.1) is 5.82 Å². The SMILES string of the molecule is CC(C)NC(=O)c1sc2ncccc2c1[C@@H]1CN(Cc2cn(C)c3ccc(F)cc23)CCO1. The lowest BCUT2D eigenvalue weighted by Crippen LogP contribution is -2.38. The molecule has 0 spiro atoms. The van der Waals surface area contributed by atoms with Gasteiger partial charge in [0.2, 0.25) is 0 Å². The molecule has 1 fully saturated rings. The Bertz CT molecular complexity index is 1330. The van der Waals surface area contributed by atoms with Gasteiger partial charge in [-0.15, -0.1) is 11.3 Å². The van der Waals surface area contributed by atoms with E-state index in [-0.39, 0.29) is 23.9 Å². The summed E-state index contributed by atoms with van der Waals surface area (Å²) in [6, 6.07) is 8.87. The van der Waals surface area contributed by atoms with E-state index in [4.69, 9.17) is 4.74 Å². The van der Waals surface area contributed by atoms with Crippen LogP contribution in [0.1, 0.15) is 40.8 Å². The summed E-state index contributed by atoms with van der Waals surface area (Å²) in [5.74, 6) is -0.318. The molecule has 0 radical (unpaired) electrons. The minimum Gasteiger partial charge on any atom is -0.371 e. The molecule has 4 heterocycles. The number of thiophene rings is 1. The van der Waals surface area contributed by atoms with E-state index in [1.807, 2.05) is 43.7 Å². The third-order valence-corrected chi connectivity index (χ3v) is 7.16. The molecule has 1 N–H and O–H groups in total. The summed E-state index contributed by atoms with van der Waals surface area (Å²) in [7, 11) is 1.98. The average Bonchev–Trinajstić information content (AvgIpc) is 3.31. The number of amides is 1. The highest BCUT2D eigenvalue weighted by molar-refractivity contribution is 7.20. The molecule has 0 unspecified atom stereocenters. The largest absolute Gasteiger partial charge is 0.371 e. The van der Waals surface area contributed by atoms with Crippen molar-refractivity contribution in [3.8, 4) is 0 Å². The maximum Gasteiger partial charge on any atom is 0.262 e. The van der Waals surface area contributed by atoms with Gasteiger partial charge < -0.3 is 14.6 Å². The average molecular weight is 467 g/mol. The predicted molar refractivity (Wildman–Crippen MR) is 129 cm³/mol. The van der Waals surface area contributed by atoms with Crippen LogP contribution in [0.2, 0.25) is 0 Å². The van der Waals surface area contributed by atoms with E-state index in [0.717, 1.165) is 38.8 Å². The first kappa shape index (κ1) is 22.0. The smallest absolute Gasteiger partial charge is 0.262 e. The van der Waals surface area contributed by atoms with Gasteiger partial charge in [-0.3, -0.25) is 9.69 Å². The number of carbonyl (C=O) groups excluding carboxylic acids is 1. The summed E-state index contributed by atoms with van der Waals surface area (Å²) in [6.07, 6.45) is 3.58. The maximum atomic E-state index is 13.9. The van der Waals surface area contributed by atoms with Crippen molar-refractivity contribution in [2.45, 2.75) is 32.5 Å². The highest BCUT2D eigenvalue weighted by Crippen LogP contribution is 2.37. The number of pyridine rings is 1. The first-order chi connectivity index (χ1) is 15.9. The normalized spacial score (nSPS) is 17.3. The number of benzene rings is 1. The van der Waals surface area contributed by atoms with Crippen LogP contribution in [0.4, 0.5) is 4.39 Å². The number of nitrogens with one attached hydrogen (secondary N) is 1. The molecular weight excluding hydrogens is 439 g/mol. The number of rotatable bonds is 5. The fraction of sp³-hybridized carbons (Fsp3) is 0.360. The number of aryl methyl sites for hydroxylation is 1. The Labute approximate surface area is 196 Å². The summed E-state index contributed by atoms with van der Waals surface area (Å²) in [5.41, 5.74) is 3.01. The molecule has 0 saturated carbocycles. The van der Waals surface area contributed by atoms with Crippen molar-refractivity contribution in [2.75, 3.05) is 19.7 Å². The maximum absolute atomic E-state index is 13.9. The molecular formula is C25H27FN4O2S. The lowest BCUT2D eigenvalue weighted by atomic mass is 10.0. The monoisotopic (exact) mass is 466 g/mol. The number of morpholine rings is 1. The number of halogens is 1. The second-order valence-electron chi connectivity index (χ2n) is 8.85. The van der Waals surface area contributed by atoms with E-state index in [1.165, 1.54) is 17.4 Å². The van der Waals surface area contributed by atoms with Crippen molar-refractivity contribution in [1.29, 1.82) is 0 Å². The summed E-state index contributed by atoms with van der Waals surface area (Å²) in [5, 5.41) is 4.92. The van der Waals surface area contributed by atoms with Crippen LogP contribution in [-0.2, 0) is 18.3 Å². The molecule has 1 amide bonds. The van der Waals surface area contributed by atoms with Gasteiger partial charge in [0.25, 0.3) is 5.91 Å². The van der Waals surface area contributed by atoms with Gasteiger partial charge in [0.1, 0.15) is 15.5 Å². The molecule has 0 bridgehead atoms. The molecule has 6 nitrogen and oxygen atoms in total. The van der Waals surface area contributed by atoms with Gasteiger partial charge in [0.05, 0.1) is 12.7 Å². The Morgan fingerprint density at radius 2 is 2.18 bits per heavy atom. The lowest BCUT2D eigenvalue weighted by molar-refractivity contribution is -0.0322. The third-order valence-electron chi connectivity index (χ3n) is 6.03. The summed E-state index contributed by atoms with van der Waals surface area (Å²) in [4.78, 5) is 21.3. The Morgan fingerprint density at radius 3 is 3.00 bits per heavy atom. The molecule has 0 aliphatic carbocycles. The van der Waals surface area contributed by atoms with Crippen LogP contribution in [0.3, 0.4) is 0 Å². The molecule has 33 heavy (non-hydrogen) atoms. The lowest BCUT2D eigenvalue weighted by Gasteiger charge is -2.33. The van der Waals surface area contributed by atoms with E-state index in [0.29, 0.717) is 24.6 Å². The zero-order valence-electron chi connectivity index (χ0n) is 19.0. The molecule has 5 rings (SSSR count). The number of nitrogens with zero attached hydrogens (tertiary/aromatic N) is 3. The van der Waals surface area contributed by atoms with E-state index >= 15 is 0 Å². The third kappa shape index (κ3) is 4.26. The molecule has 8 heteroatoms. The van der Waals surface area contributed by atoms with Gasteiger partial charge in [-0.05, 0) is 43.7 Å². The van der Waals surface area contributed by atoms with E-state index < -0.39 is 0 Å². The van der Waals surface area contributed by atoms with Gasteiger partial charge in [0.15, 0.2) is 0 Å². The zero-order valence-corrected chi connectivity index (χ0v) is 19.8. The second-order valence-corrected chi connectivity index (χ2v) is 9.85. The van der Waals surface area contributed by atoms with Crippen molar-refractivity contribution < 1.29 is 13.9 Å². The van der Waals surface area contributed by atoms with Gasteiger partial charge in [0, 0.05) is 67.0 Å². The van der Waals surface area contributed by atoms with Gasteiger partial charge in [-0.1, -0.05) is 6.07 Å². The second kappa shape index (κ2) is 8.85. The standard InChI is InChI=1S/C25H27FN4O2S/c1-15(2)28-24(31)23-22(18-5-4-8-27-25(18)33-23)21-14-30(9-10-32-21)13-16-12-29(3)20-7-6-17(26)11-19(16)20/h4-8,11-12,15,21H,9-10,13-14H2,1-3H3,(H,28,31)/t21-/m0/s1. The van der Waals surface area contributed by atoms with Crippen molar-refractivity contribution >= 4 is 38.4 Å². The summed E-state index contributed by atoms with van der Waals surface area (Å²) < 4.78 is 22.2. The number of hydrogen-bond donors (Lipinski definition) is 1. The zero-order chi connectivity index (χ0) is 23.1. The van der Waals surface area contributed by atoms with Crippen LogP contribution in [0.25, 0.3) is 21.1 Å². The van der Waals surface area contributed by atoms with Gasteiger partial charge in [-0.25, -0.2) is 9.37 Å². The first-order valence-electron chi connectivity index (χ1n) is 11.2. The number of carbonyl (C=O) groups is 1. The number of fused-ring (bicyclic) bond motifs is 2. The molecule has 4 aromatic rings. The Balaban J connectivity index is 1.46. The molecule has 1 aliphatic heterocycles. The Kier molecular flexibility index (Phi) is 5.90. The van der Waals surface area contributed by atoms with E-state index in [1.54, 1.807) is 12.3 Å². The minimum absolute atomic E-state index is 0.0408.